The number of anilines is 2. The van der Waals surface area contributed by atoms with Crippen LogP contribution in [0, 0.1) is 17.0 Å². The van der Waals surface area contributed by atoms with E-state index in [-0.39, 0.29) is 16.9 Å². The smallest absolute Gasteiger partial charge is 0.311 e. The number of hydrogen-bond donors (Lipinski definition) is 2. The molecular weight excluding hydrogens is 452 g/mol. The third-order valence-electron chi connectivity index (χ3n) is 5.19. The van der Waals surface area contributed by atoms with Crippen LogP contribution in [0.5, 0.6) is 5.75 Å². The molecular formula is C25H20N4O6. The zero-order valence-electron chi connectivity index (χ0n) is 18.6. The van der Waals surface area contributed by atoms with Gasteiger partial charge >= 0.3 is 5.69 Å². The number of nitrogens with one attached hydrogen (secondary N) is 2. The van der Waals surface area contributed by atoms with Gasteiger partial charge in [0.1, 0.15) is 5.57 Å². The second kappa shape index (κ2) is 9.87. The number of nitrogens with zero attached hydrogens (tertiary/aromatic N) is 2. The Morgan fingerprint density at radius 3 is 2.49 bits per heavy atom. The van der Waals surface area contributed by atoms with Gasteiger partial charge in [0.15, 0.2) is 6.61 Å². The van der Waals surface area contributed by atoms with Crippen LogP contribution < -0.4 is 20.5 Å². The van der Waals surface area contributed by atoms with Crippen LogP contribution in [0.15, 0.2) is 78.4 Å². The summed E-state index contributed by atoms with van der Waals surface area (Å²) in [5.74, 6) is -2.06. The summed E-state index contributed by atoms with van der Waals surface area (Å²) in [5, 5.41) is 15.4. The molecule has 176 valence electrons. The Labute approximate surface area is 199 Å². The van der Waals surface area contributed by atoms with Crippen LogP contribution in [0.3, 0.4) is 0 Å². The number of ether oxygens (including phenoxy) is 1. The lowest BCUT2D eigenvalue weighted by Crippen LogP contribution is -2.35. The average molecular weight is 472 g/mol. The van der Waals surface area contributed by atoms with Crippen molar-refractivity contribution in [1.29, 1.82) is 0 Å². The van der Waals surface area contributed by atoms with Crippen LogP contribution in [0.2, 0.25) is 0 Å². The molecule has 1 aliphatic rings. The molecule has 3 aromatic rings. The maximum Gasteiger partial charge on any atom is 0.311 e. The Morgan fingerprint density at radius 1 is 1.06 bits per heavy atom. The first-order chi connectivity index (χ1) is 16.8. The zero-order chi connectivity index (χ0) is 24.9. The van der Waals surface area contributed by atoms with Crippen molar-refractivity contribution in [2.75, 3.05) is 16.9 Å². The second-order valence-electron chi connectivity index (χ2n) is 7.58. The Hall–Kier alpha value is -4.99. The number of nitro benzene ring substituents is 1. The molecule has 1 saturated heterocycles. The fourth-order valence-corrected chi connectivity index (χ4v) is 3.47. The molecule has 4 rings (SSSR count). The van der Waals surface area contributed by atoms with Crippen molar-refractivity contribution < 1.29 is 24.0 Å². The molecule has 0 radical (unpaired) electrons. The maximum absolute atomic E-state index is 12.9. The maximum atomic E-state index is 12.9. The molecule has 35 heavy (non-hydrogen) atoms. The van der Waals surface area contributed by atoms with Crippen molar-refractivity contribution in [2.24, 2.45) is 0 Å². The lowest BCUT2D eigenvalue weighted by Gasteiger charge is -2.14. The van der Waals surface area contributed by atoms with Crippen molar-refractivity contribution in [1.82, 2.24) is 5.43 Å². The van der Waals surface area contributed by atoms with Gasteiger partial charge in [0, 0.05) is 17.3 Å². The Morgan fingerprint density at radius 2 is 1.77 bits per heavy atom. The number of carbonyl (C=O) groups excluding carboxylic acids is 3. The molecule has 1 heterocycles. The molecule has 0 unspecified atom stereocenters. The van der Waals surface area contributed by atoms with E-state index in [4.69, 9.17) is 4.74 Å². The molecule has 0 bridgehead atoms. The van der Waals surface area contributed by atoms with E-state index in [2.05, 4.69) is 10.7 Å². The summed E-state index contributed by atoms with van der Waals surface area (Å²) in [6, 6.07) is 19.7. The van der Waals surface area contributed by atoms with Gasteiger partial charge in [-0.05, 0) is 36.8 Å². The highest BCUT2D eigenvalue weighted by atomic mass is 16.6. The summed E-state index contributed by atoms with van der Waals surface area (Å²) in [7, 11) is 0. The number of para-hydroxylation sites is 3. The van der Waals surface area contributed by atoms with Gasteiger partial charge in [0.25, 0.3) is 17.7 Å². The van der Waals surface area contributed by atoms with E-state index in [0.717, 1.165) is 10.6 Å². The first kappa shape index (κ1) is 23.2. The van der Waals surface area contributed by atoms with Crippen LogP contribution in [0.25, 0.3) is 6.08 Å². The Kier molecular flexibility index (Phi) is 6.54. The number of carbonyl (C=O) groups is 3. The molecule has 0 aliphatic carbocycles. The van der Waals surface area contributed by atoms with Crippen molar-refractivity contribution in [3.05, 3.63) is 99.6 Å². The Balaban J connectivity index is 1.61. The quantitative estimate of drug-likeness (QED) is 0.235. The lowest BCUT2D eigenvalue weighted by molar-refractivity contribution is -0.385. The molecule has 0 saturated carbocycles. The molecule has 0 spiro atoms. The van der Waals surface area contributed by atoms with Crippen LogP contribution in [-0.4, -0.2) is 29.3 Å². The Bertz CT molecular complexity index is 1350. The summed E-state index contributed by atoms with van der Waals surface area (Å²) in [6.45, 7) is 1.30. The molecule has 10 nitrogen and oxygen atoms in total. The third-order valence-corrected chi connectivity index (χ3v) is 5.19. The van der Waals surface area contributed by atoms with Crippen molar-refractivity contribution in [3.8, 4) is 5.75 Å². The molecule has 3 aromatic carbocycles. The monoisotopic (exact) mass is 472 g/mol. The van der Waals surface area contributed by atoms with Gasteiger partial charge in [0.05, 0.1) is 10.6 Å². The minimum absolute atomic E-state index is 0.108. The predicted molar refractivity (Wildman–Crippen MR) is 128 cm³/mol. The number of nitro groups is 1. The molecule has 0 atom stereocenters. The van der Waals surface area contributed by atoms with E-state index < -0.39 is 34.9 Å². The number of amides is 3. The SMILES string of the molecule is Cc1ccccc1NC(=O)COc1c(C=C2C(=O)NN(c3ccccc3)C2=O)cccc1[N+](=O)[O-]. The van der Waals surface area contributed by atoms with Gasteiger partial charge in [-0.1, -0.05) is 48.5 Å². The molecule has 2 N–H and O–H groups in total. The molecule has 10 heteroatoms. The third kappa shape index (κ3) is 5.01. The van der Waals surface area contributed by atoms with Crippen LogP contribution in [-0.2, 0) is 14.4 Å². The van der Waals surface area contributed by atoms with Crippen molar-refractivity contribution >= 4 is 40.9 Å². The second-order valence-corrected chi connectivity index (χ2v) is 7.58. The molecule has 1 aliphatic heterocycles. The minimum atomic E-state index is -0.673. The summed E-state index contributed by atoms with van der Waals surface area (Å²) in [4.78, 5) is 48.8. The minimum Gasteiger partial charge on any atom is -0.476 e. The standard InChI is InChI=1S/C25H20N4O6/c1-16-8-5-6-12-20(16)26-22(30)15-35-23-17(9-7-13-21(23)29(33)34)14-19-24(31)27-28(25(19)32)18-10-3-2-4-11-18/h2-14H,15H2,1H3,(H,26,30)(H,27,31). The first-order valence-corrected chi connectivity index (χ1v) is 10.5. The van der Waals surface area contributed by atoms with E-state index >= 15 is 0 Å². The topological polar surface area (TPSA) is 131 Å². The molecule has 0 aromatic heterocycles. The van der Waals surface area contributed by atoms with Gasteiger partial charge in [0.2, 0.25) is 5.75 Å². The van der Waals surface area contributed by atoms with Crippen molar-refractivity contribution in [3.63, 3.8) is 0 Å². The summed E-state index contributed by atoms with van der Waals surface area (Å²) in [6.07, 6.45) is 1.21. The fourth-order valence-electron chi connectivity index (χ4n) is 3.47. The fraction of sp³-hybridized carbons (Fsp3) is 0.0800. The summed E-state index contributed by atoms with van der Waals surface area (Å²) >= 11 is 0. The number of benzene rings is 3. The lowest BCUT2D eigenvalue weighted by atomic mass is 10.1. The first-order valence-electron chi connectivity index (χ1n) is 10.5. The van der Waals surface area contributed by atoms with Gasteiger partial charge < -0.3 is 10.1 Å². The van der Waals surface area contributed by atoms with Crippen molar-refractivity contribution in [2.45, 2.75) is 6.92 Å². The van der Waals surface area contributed by atoms with Crippen LogP contribution in [0.1, 0.15) is 11.1 Å². The number of aryl methyl sites for hydroxylation is 1. The molecule has 3 amide bonds. The van der Waals surface area contributed by atoms with E-state index in [1.165, 1.54) is 24.3 Å². The van der Waals surface area contributed by atoms with Crippen LogP contribution in [0.4, 0.5) is 17.1 Å². The van der Waals surface area contributed by atoms with Gasteiger partial charge in [-0.3, -0.25) is 29.9 Å². The summed E-state index contributed by atoms with van der Waals surface area (Å²) < 4.78 is 5.54. The van der Waals surface area contributed by atoms with Gasteiger partial charge in [-0.15, -0.1) is 0 Å². The summed E-state index contributed by atoms with van der Waals surface area (Å²) in [5.41, 5.74) is 3.81. The van der Waals surface area contributed by atoms with Crippen LogP contribution >= 0.6 is 0 Å². The zero-order valence-corrected chi connectivity index (χ0v) is 18.6. The van der Waals surface area contributed by atoms with E-state index in [9.17, 15) is 24.5 Å². The highest BCUT2D eigenvalue weighted by Crippen LogP contribution is 2.33. The average Bonchev–Trinajstić information content (AvgIpc) is 3.13. The predicted octanol–water partition coefficient (Wildman–Crippen LogP) is 3.38. The normalized spacial score (nSPS) is 14.1. The van der Waals surface area contributed by atoms with Gasteiger partial charge in [-0.2, -0.15) is 0 Å². The van der Waals surface area contributed by atoms with E-state index in [1.54, 1.807) is 42.5 Å². The number of hydrogen-bond acceptors (Lipinski definition) is 6. The highest BCUT2D eigenvalue weighted by molar-refractivity contribution is 6.31. The number of rotatable bonds is 7. The molecule has 1 fully saturated rings. The largest absolute Gasteiger partial charge is 0.476 e. The number of hydrazine groups is 1. The van der Waals surface area contributed by atoms with E-state index in [0.29, 0.717) is 11.4 Å². The highest BCUT2D eigenvalue weighted by Gasteiger charge is 2.35. The van der Waals surface area contributed by atoms with E-state index in [1.807, 2.05) is 19.1 Å². The van der Waals surface area contributed by atoms with Gasteiger partial charge in [-0.25, -0.2) is 5.01 Å².